The van der Waals surface area contributed by atoms with Crippen LogP contribution in [0.25, 0.3) is 11.0 Å². The first-order valence-electron chi connectivity index (χ1n) is 10.7. The van der Waals surface area contributed by atoms with Crippen molar-refractivity contribution >= 4 is 50.0 Å². The van der Waals surface area contributed by atoms with Crippen LogP contribution in [0.15, 0.2) is 71.6 Å². The minimum atomic E-state index is -4.11. The molecule has 0 saturated heterocycles. The molecule has 4 rings (SSSR count). The summed E-state index contributed by atoms with van der Waals surface area (Å²) < 4.78 is 39.7. The lowest BCUT2D eigenvalue weighted by molar-refractivity contribution is -0.114. The molecule has 0 aliphatic rings. The molecule has 0 saturated carbocycles. The zero-order valence-corrected chi connectivity index (χ0v) is 20.3. The van der Waals surface area contributed by atoms with Gasteiger partial charge in [-0.05, 0) is 30.3 Å². The molecule has 4 aromatic rings. The first-order chi connectivity index (χ1) is 17.3. The highest BCUT2D eigenvalue weighted by Crippen LogP contribution is 2.31. The number of para-hydroxylation sites is 2. The van der Waals surface area contributed by atoms with Crippen molar-refractivity contribution in [3.8, 4) is 11.5 Å². The largest absolute Gasteiger partial charge is 0.497 e. The van der Waals surface area contributed by atoms with E-state index in [1.54, 1.807) is 48.5 Å². The van der Waals surface area contributed by atoms with Gasteiger partial charge in [-0.15, -0.1) is 0 Å². The van der Waals surface area contributed by atoms with Crippen molar-refractivity contribution in [3.05, 3.63) is 66.7 Å². The molecule has 0 bridgehead atoms. The quantitative estimate of drug-likeness (QED) is 0.267. The summed E-state index contributed by atoms with van der Waals surface area (Å²) in [7, 11) is -1.06. The Labute approximate surface area is 207 Å². The maximum absolute atomic E-state index is 13.3. The van der Waals surface area contributed by atoms with Gasteiger partial charge in [0.05, 0.1) is 36.7 Å². The molecule has 5 N–H and O–H groups in total. The van der Waals surface area contributed by atoms with E-state index in [0.29, 0.717) is 33.9 Å². The second kappa shape index (κ2) is 10.5. The Morgan fingerprint density at radius 3 is 2.11 bits per heavy atom. The average molecular weight is 509 g/mol. The summed E-state index contributed by atoms with van der Waals surface area (Å²) in [6.07, 6.45) is 0. The van der Waals surface area contributed by atoms with Crippen molar-refractivity contribution < 1.29 is 22.7 Å². The first-order valence-corrected chi connectivity index (χ1v) is 12.2. The monoisotopic (exact) mass is 508 g/mol. The second-order valence-corrected chi connectivity index (χ2v) is 9.20. The maximum Gasteiger partial charge on any atom is 0.263 e. The molecule has 12 heteroatoms. The predicted octanol–water partition coefficient (Wildman–Crippen LogP) is 3.09. The van der Waals surface area contributed by atoms with Crippen LogP contribution in [0.4, 0.5) is 23.0 Å². The number of methoxy groups -OCH3 is 2. The molecule has 0 radical (unpaired) electrons. The number of ether oxygens (including phenoxy) is 2. The summed E-state index contributed by atoms with van der Waals surface area (Å²) in [6.45, 7) is -0.230. The zero-order chi connectivity index (χ0) is 25.7. The van der Waals surface area contributed by atoms with Gasteiger partial charge in [-0.1, -0.05) is 18.2 Å². The smallest absolute Gasteiger partial charge is 0.263 e. The van der Waals surface area contributed by atoms with Gasteiger partial charge in [-0.3, -0.25) is 9.52 Å². The molecule has 1 aromatic heterocycles. The molecule has 11 nitrogen and oxygen atoms in total. The molecule has 36 heavy (non-hydrogen) atoms. The van der Waals surface area contributed by atoms with E-state index in [1.807, 2.05) is 0 Å². The maximum atomic E-state index is 13.3. The van der Waals surface area contributed by atoms with Crippen LogP contribution in [-0.2, 0) is 14.8 Å². The number of hydrogen-bond donors (Lipinski definition) is 4. The Balaban J connectivity index is 1.74. The molecule has 3 aromatic carbocycles. The van der Waals surface area contributed by atoms with Crippen LogP contribution in [0.5, 0.6) is 11.5 Å². The lowest BCUT2D eigenvalue weighted by Crippen LogP contribution is -2.22. The molecular weight excluding hydrogens is 484 g/mol. The number of aromatic nitrogens is 2. The fraction of sp³-hybridized carbons (Fsp3) is 0.125. The molecule has 0 spiro atoms. The molecule has 0 aliphatic carbocycles. The average Bonchev–Trinajstić information content (AvgIpc) is 2.88. The zero-order valence-electron chi connectivity index (χ0n) is 19.5. The topological polar surface area (TPSA) is 158 Å². The van der Waals surface area contributed by atoms with Gasteiger partial charge in [0.25, 0.3) is 10.0 Å². The summed E-state index contributed by atoms with van der Waals surface area (Å²) in [6, 6.07) is 18.0. The summed E-state index contributed by atoms with van der Waals surface area (Å²) in [5.74, 6) is 0.762. The van der Waals surface area contributed by atoms with E-state index in [9.17, 15) is 13.2 Å². The first kappa shape index (κ1) is 24.7. The van der Waals surface area contributed by atoms with Crippen molar-refractivity contribution in [1.82, 2.24) is 9.97 Å². The van der Waals surface area contributed by atoms with E-state index < -0.39 is 15.9 Å². The van der Waals surface area contributed by atoms with Gasteiger partial charge in [-0.2, -0.15) is 0 Å². The van der Waals surface area contributed by atoms with Gasteiger partial charge in [0, 0.05) is 29.6 Å². The molecule has 1 heterocycles. The highest BCUT2D eigenvalue weighted by Gasteiger charge is 2.20. The van der Waals surface area contributed by atoms with Crippen LogP contribution in [0.3, 0.4) is 0 Å². The van der Waals surface area contributed by atoms with E-state index in [1.165, 1.54) is 32.4 Å². The van der Waals surface area contributed by atoms with Crippen molar-refractivity contribution in [2.75, 3.05) is 36.1 Å². The van der Waals surface area contributed by atoms with E-state index in [0.717, 1.165) is 0 Å². The highest BCUT2D eigenvalue weighted by molar-refractivity contribution is 7.92. The normalized spacial score (nSPS) is 11.1. The summed E-state index contributed by atoms with van der Waals surface area (Å²) in [4.78, 5) is 20.6. The molecule has 0 aliphatic heterocycles. The molecule has 0 fully saturated rings. The molecular formula is C24H24N6O5S. The Bertz CT molecular complexity index is 1500. The number of carbonyl (C=O) groups excluding carboxylic acids is 1. The van der Waals surface area contributed by atoms with Gasteiger partial charge >= 0.3 is 0 Å². The summed E-state index contributed by atoms with van der Waals surface area (Å²) >= 11 is 0. The van der Waals surface area contributed by atoms with Crippen LogP contribution in [0, 0.1) is 0 Å². The fourth-order valence-corrected chi connectivity index (χ4v) is 4.37. The molecule has 1 amide bonds. The van der Waals surface area contributed by atoms with Crippen LogP contribution >= 0.6 is 0 Å². The van der Waals surface area contributed by atoms with Gasteiger partial charge in [-0.25, -0.2) is 18.4 Å². The number of carbonyl (C=O) groups is 1. The standard InChI is InChI=1S/C24H24N6O5S/c1-34-17-10-16(11-18(13-17)35-2)27-23-24(29-21-9-4-3-8-20(21)28-23)30-36(32,33)19-7-5-6-15(12-19)26-22(31)14-25/h3-13H,14,25H2,1-2H3,(H,26,31)(H,27,28)(H,29,30). The number of rotatable bonds is 9. The summed E-state index contributed by atoms with van der Waals surface area (Å²) in [5, 5.41) is 5.64. The Morgan fingerprint density at radius 2 is 1.50 bits per heavy atom. The van der Waals surface area contributed by atoms with E-state index in [-0.39, 0.29) is 23.1 Å². The minimum Gasteiger partial charge on any atom is -0.497 e. The Morgan fingerprint density at radius 1 is 0.861 bits per heavy atom. The number of nitrogens with two attached hydrogens (primary N) is 1. The SMILES string of the molecule is COc1cc(Nc2nc3ccccc3nc2NS(=O)(=O)c2cccc(NC(=O)CN)c2)cc(OC)c1. The van der Waals surface area contributed by atoms with Crippen molar-refractivity contribution in [3.63, 3.8) is 0 Å². The highest BCUT2D eigenvalue weighted by atomic mass is 32.2. The van der Waals surface area contributed by atoms with Crippen molar-refractivity contribution in [2.24, 2.45) is 5.73 Å². The number of benzene rings is 3. The number of amides is 1. The minimum absolute atomic E-state index is 0.0214. The van der Waals surface area contributed by atoms with E-state index >= 15 is 0 Å². The third-order valence-electron chi connectivity index (χ3n) is 5.03. The predicted molar refractivity (Wildman–Crippen MR) is 137 cm³/mol. The lowest BCUT2D eigenvalue weighted by atomic mass is 10.2. The van der Waals surface area contributed by atoms with Gasteiger partial charge in [0.15, 0.2) is 11.6 Å². The Hall–Kier alpha value is -4.42. The van der Waals surface area contributed by atoms with Crippen LogP contribution in [0.2, 0.25) is 0 Å². The lowest BCUT2D eigenvalue weighted by Gasteiger charge is -2.15. The van der Waals surface area contributed by atoms with Crippen molar-refractivity contribution in [1.29, 1.82) is 0 Å². The Kier molecular flexibility index (Phi) is 7.17. The molecule has 0 unspecified atom stereocenters. The van der Waals surface area contributed by atoms with E-state index in [4.69, 9.17) is 15.2 Å². The number of sulfonamides is 1. The molecule has 0 atom stereocenters. The van der Waals surface area contributed by atoms with Crippen molar-refractivity contribution in [2.45, 2.75) is 4.90 Å². The number of anilines is 4. The fourth-order valence-electron chi connectivity index (χ4n) is 3.31. The number of nitrogens with one attached hydrogen (secondary N) is 3. The number of fused-ring (bicyclic) bond motifs is 1. The van der Waals surface area contributed by atoms with Crippen LogP contribution in [0.1, 0.15) is 0 Å². The van der Waals surface area contributed by atoms with Gasteiger partial charge in [0.2, 0.25) is 5.91 Å². The third-order valence-corrected chi connectivity index (χ3v) is 6.37. The second-order valence-electron chi connectivity index (χ2n) is 7.52. The molecule has 186 valence electrons. The summed E-state index contributed by atoms with van der Waals surface area (Å²) in [5.41, 5.74) is 7.22. The third kappa shape index (κ3) is 5.62. The van der Waals surface area contributed by atoms with Crippen LogP contribution in [-0.4, -0.2) is 45.1 Å². The van der Waals surface area contributed by atoms with Crippen LogP contribution < -0.4 is 30.6 Å². The van der Waals surface area contributed by atoms with Gasteiger partial charge in [0.1, 0.15) is 11.5 Å². The van der Waals surface area contributed by atoms with Gasteiger partial charge < -0.3 is 25.8 Å². The number of hydrogen-bond acceptors (Lipinski definition) is 9. The number of nitrogens with zero attached hydrogens (tertiary/aromatic N) is 2. The van der Waals surface area contributed by atoms with E-state index in [2.05, 4.69) is 25.3 Å².